The van der Waals surface area contributed by atoms with Crippen molar-refractivity contribution in [2.75, 3.05) is 6.54 Å². The number of hydrogen-bond donors (Lipinski definition) is 2. The highest BCUT2D eigenvalue weighted by molar-refractivity contribution is 7.80. The lowest BCUT2D eigenvalue weighted by atomic mass is 10.7. The van der Waals surface area contributed by atoms with Gasteiger partial charge in [0.1, 0.15) is 0 Å². The minimum Gasteiger partial charge on any atom is -0.306 e. The first-order valence-electron chi connectivity index (χ1n) is 2.18. The second-order valence-electron chi connectivity index (χ2n) is 1.23. The van der Waals surface area contributed by atoms with E-state index in [0.717, 1.165) is 6.54 Å². The van der Waals surface area contributed by atoms with Gasteiger partial charge in [0.15, 0.2) is 0 Å². The van der Waals surface area contributed by atoms with Crippen molar-refractivity contribution in [3.05, 3.63) is 0 Å². The summed E-state index contributed by atoms with van der Waals surface area (Å²) in [5.74, 6) is 0. The monoisotopic (exact) mass is 105 g/mol. The Bertz CT molecular complexity index is 28.7. The molecule has 0 aliphatic carbocycles. The summed E-state index contributed by atoms with van der Waals surface area (Å²) in [4.78, 5) is 0. The Hall–Kier alpha value is 0.310. The lowest BCUT2D eigenvalue weighted by Gasteiger charge is -2.00. The van der Waals surface area contributed by atoms with E-state index in [9.17, 15) is 0 Å². The van der Waals surface area contributed by atoms with Crippen molar-refractivity contribution in [1.82, 2.24) is 5.32 Å². The molecule has 0 aromatic carbocycles. The molecule has 0 amide bonds. The fourth-order valence-corrected chi connectivity index (χ4v) is 0.478. The van der Waals surface area contributed by atoms with Crippen LogP contribution in [-0.4, -0.2) is 11.9 Å². The largest absolute Gasteiger partial charge is 0.306 e. The summed E-state index contributed by atoms with van der Waals surface area (Å²) in [6.07, 6.45) is 0. The van der Waals surface area contributed by atoms with E-state index in [-0.39, 0.29) is 0 Å². The standard InChI is InChI=1S/C4H11NS/c1-3-5-4(2)6/h4-6H,3H2,1-2H3. The Morgan fingerprint density at radius 3 is 2.33 bits per heavy atom. The molecule has 0 spiro atoms. The van der Waals surface area contributed by atoms with Gasteiger partial charge in [0.05, 0.1) is 0 Å². The molecule has 0 aliphatic heterocycles. The molecule has 0 rings (SSSR count). The molecule has 1 N–H and O–H groups in total. The molecule has 2 heteroatoms. The smallest absolute Gasteiger partial charge is 0.0473 e. The molecule has 0 bridgehead atoms. The molecule has 0 radical (unpaired) electrons. The molecule has 1 nitrogen and oxygen atoms in total. The Morgan fingerprint density at radius 2 is 2.33 bits per heavy atom. The maximum atomic E-state index is 4.07. The van der Waals surface area contributed by atoms with E-state index < -0.39 is 0 Å². The zero-order valence-corrected chi connectivity index (χ0v) is 5.13. The zero-order valence-electron chi connectivity index (χ0n) is 4.23. The highest BCUT2D eigenvalue weighted by Crippen LogP contribution is 1.81. The lowest BCUT2D eigenvalue weighted by Crippen LogP contribution is -2.19. The van der Waals surface area contributed by atoms with Gasteiger partial charge in [-0.3, -0.25) is 0 Å². The van der Waals surface area contributed by atoms with E-state index >= 15 is 0 Å². The molecule has 0 aromatic rings. The molecule has 0 saturated heterocycles. The fraction of sp³-hybridized carbons (Fsp3) is 1.00. The third kappa shape index (κ3) is 4.31. The molecule has 0 aromatic heterocycles. The first-order chi connectivity index (χ1) is 2.77. The van der Waals surface area contributed by atoms with Crippen molar-refractivity contribution < 1.29 is 0 Å². The van der Waals surface area contributed by atoms with Crippen LogP contribution in [-0.2, 0) is 0 Å². The van der Waals surface area contributed by atoms with Crippen LogP contribution in [0.1, 0.15) is 13.8 Å². The molecule has 38 valence electrons. The third-order valence-corrected chi connectivity index (χ3v) is 0.682. The molecule has 6 heavy (non-hydrogen) atoms. The molecule has 0 fully saturated rings. The van der Waals surface area contributed by atoms with Crippen LogP contribution < -0.4 is 5.32 Å². The first kappa shape index (κ1) is 6.31. The van der Waals surface area contributed by atoms with Crippen LogP contribution in [0.4, 0.5) is 0 Å². The van der Waals surface area contributed by atoms with Crippen LogP contribution in [0, 0.1) is 0 Å². The molecule has 0 heterocycles. The van der Waals surface area contributed by atoms with E-state index in [0.29, 0.717) is 5.37 Å². The number of rotatable bonds is 2. The van der Waals surface area contributed by atoms with E-state index in [1.54, 1.807) is 0 Å². The first-order valence-corrected chi connectivity index (χ1v) is 2.70. The third-order valence-electron chi connectivity index (χ3n) is 0.500. The van der Waals surface area contributed by atoms with Gasteiger partial charge in [0.2, 0.25) is 0 Å². The Morgan fingerprint density at radius 1 is 1.83 bits per heavy atom. The van der Waals surface area contributed by atoms with Gasteiger partial charge in [-0.05, 0) is 13.5 Å². The average molecular weight is 105 g/mol. The highest BCUT2D eigenvalue weighted by atomic mass is 32.1. The molecular weight excluding hydrogens is 94.1 g/mol. The van der Waals surface area contributed by atoms with Crippen LogP contribution in [0.3, 0.4) is 0 Å². The Balaban J connectivity index is 2.63. The molecule has 0 saturated carbocycles. The summed E-state index contributed by atoms with van der Waals surface area (Å²) in [5, 5.41) is 3.42. The quantitative estimate of drug-likeness (QED) is 0.392. The fourth-order valence-electron chi connectivity index (χ4n) is 0.295. The van der Waals surface area contributed by atoms with Gasteiger partial charge in [-0.15, -0.1) is 0 Å². The van der Waals surface area contributed by atoms with Crippen LogP contribution in [0.2, 0.25) is 0 Å². The normalized spacial score (nSPS) is 14.5. The molecular formula is C4H11NS. The second kappa shape index (κ2) is 3.50. The molecule has 0 aliphatic rings. The SMILES string of the molecule is CCNC(C)S. The minimum atomic E-state index is 0.343. The maximum Gasteiger partial charge on any atom is 0.0473 e. The zero-order chi connectivity index (χ0) is 4.99. The summed E-state index contributed by atoms with van der Waals surface area (Å²) < 4.78 is 0. The maximum absolute atomic E-state index is 4.07. The van der Waals surface area contributed by atoms with Crippen LogP contribution in [0.5, 0.6) is 0 Å². The van der Waals surface area contributed by atoms with Gasteiger partial charge >= 0.3 is 0 Å². The summed E-state index contributed by atoms with van der Waals surface area (Å²) >= 11 is 4.07. The summed E-state index contributed by atoms with van der Waals surface area (Å²) in [6.45, 7) is 5.07. The number of hydrogen-bond acceptors (Lipinski definition) is 2. The van der Waals surface area contributed by atoms with Crippen LogP contribution >= 0.6 is 12.6 Å². The highest BCUT2D eigenvalue weighted by Gasteiger charge is 1.83. The minimum absolute atomic E-state index is 0.343. The van der Waals surface area contributed by atoms with Crippen molar-refractivity contribution in [3.63, 3.8) is 0 Å². The van der Waals surface area contributed by atoms with Crippen LogP contribution in [0.25, 0.3) is 0 Å². The number of thiol groups is 1. The predicted molar refractivity (Wildman–Crippen MR) is 32.1 cm³/mol. The summed E-state index contributed by atoms with van der Waals surface area (Å²) in [7, 11) is 0. The van der Waals surface area contributed by atoms with E-state index in [2.05, 4.69) is 24.9 Å². The van der Waals surface area contributed by atoms with E-state index in [4.69, 9.17) is 0 Å². The molecule has 1 atom stereocenters. The topological polar surface area (TPSA) is 12.0 Å². The van der Waals surface area contributed by atoms with Gasteiger partial charge in [-0.2, -0.15) is 12.6 Å². The van der Waals surface area contributed by atoms with E-state index in [1.165, 1.54) is 0 Å². The number of nitrogens with one attached hydrogen (secondary N) is 1. The summed E-state index contributed by atoms with van der Waals surface area (Å²) in [6, 6.07) is 0. The van der Waals surface area contributed by atoms with Crippen molar-refractivity contribution in [3.8, 4) is 0 Å². The van der Waals surface area contributed by atoms with Gasteiger partial charge in [-0.25, -0.2) is 0 Å². The predicted octanol–water partition coefficient (Wildman–Crippen LogP) is 0.872. The Kier molecular flexibility index (Phi) is 3.68. The van der Waals surface area contributed by atoms with Gasteiger partial charge in [0, 0.05) is 5.37 Å². The van der Waals surface area contributed by atoms with Gasteiger partial charge < -0.3 is 5.32 Å². The lowest BCUT2D eigenvalue weighted by molar-refractivity contribution is 0.724. The van der Waals surface area contributed by atoms with Gasteiger partial charge in [0.25, 0.3) is 0 Å². The summed E-state index contributed by atoms with van der Waals surface area (Å²) in [5.41, 5.74) is 0. The second-order valence-corrected chi connectivity index (χ2v) is 2.01. The van der Waals surface area contributed by atoms with Crippen molar-refractivity contribution >= 4 is 12.6 Å². The Labute approximate surface area is 44.5 Å². The van der Waals surface area contributed by atoms with E-state index in [1.807, 2.05) is 6.92 Å². The van der Waals surface area contributed by atoms with Gasteiger partial charge in [-0.1, -0.05) is 6.92 Å². The van der Waals surface area contributed by atoms with Crippen molar-refractivity contribution in [1.29, 1.82) is 0 Å². The van der Waals surface area contributed by atoms with Crippen molar-refractivity contribution in [2.45, 2.75) is 19.2 Å². The van der Waals surface area contributed by atoms with Crippen LogP contribution in [0.15, 0.2) is 0 Å². The van der Waals surface area contributed by atoms with Crippen molar-refractivity contribution in [2.24, 2.45) is 0 Å². The molecule has 1 unspecified atom stereocenters. The average Bonchev–Trinajstić information content (AvgIpc) is 1.35.